The van der Waals surface area contributed by atoms with Gasteiger partial charge in [0, 0.05) is 6.42 Å². The Labute approximate surface area is 104 Å². The van der Waals surface area contributed by atoms with Crippen LogP contribution in [0, 0.1) is 13.8 Å². The maximum atomic E-state index is 10.3. The number of hydrogen-bond donors (Lipinski definition) is 2. The van der Waals surface area contributed by atoms with E-state index in [1.807, 2.05) is 45.9 Å². The van der Waals surface area contributed by atoms with Crippen LogP contribution >= 0.6 is 0 Å². The largest absolute Gasteiger partial charge is 0.390 e. The van der Waals surface area contributed by atoms with E-state index in [4.69, 9.17) is 0 Å². The van der Waals surface area contributed by atoms with E-state index in [0.29, 0.717) is 19.3 Å². The molecule has 0 fully saturated rings. The lowest BCUT2D eigenvalue weighted by atomic mass is 9.85. The molecule has 1 aromatic rings. The van der Waals surface area contributed by atoms with Crippen LogP contribution in [0.25, 0.3) is 0 Å². The molecule has 1 rings (SSSR count). The molecular formula is C15H24O2. The second kappa shape index (κ2) is 5.65. The lowest BCUT2D eigenvalue weighted by Gasteiger charge is -2.31. The molecule has 0 saturated carbocycles. The van der Waals surface area contributed by atoms with Crippen molar-refractivity contribution >= 4 is 0 Å². The van der Waals surface area contributed by atoms with Gasteiger partial charge in [0.1, 0.15) is 0 Å². The Morgan fingerprint density at radius 3 is 2.00 bits per heavy atom. The summed E-state index contributed by atoms with van der Waals surface area (Å²) in [6.45, 7) is 7.92. The van der Waals surface area contributed by atoms with Crippen molar-refractivity contribution in [3.63, 3.8) is 0 Å². The number of aliphatic hydroxyl groups is 2. The molecule has 0 radical (unpaired) electrons. The highest BCUT2D eigenvalue weighted by Gasteiger charge is 2.32. The van der Waals surface area contributed by atoms with Crippen LogP contribution < -0.4 is 0 Å². The first-order valence-electron chi connectivity index (χ1n) is 6.40. The average Bonchev–Trinajstić information content (AvgIpc) is 2.32. The van der Waals surface area contributed by atoms with E-state index in [1.54, 1.807) is 0 Å². The molecule has 96 valence electrons. The van der Waals surface area contributed by atoms with Gasteiger partial charge in [0.2, 0.25) is 0 Å². The van der Waals surface area contributed by atoms with Crippen molar-refractivity contribution in [2.45, 2.75) is 58.7 Å². The molecule has 0 saturated heterocycles. The number of hydrogen-bond acceptors (Lipinski definition) is 2. The minimum absolute atomic E-state index is 0.524. The minimum Gasteiger partial charge on any atom is -0.390 e. The summed E-state index contributed by atoms with van der Waals surface area (Å²) in [5.74, 6) is 0. The molecule has 0 aromatic heterocycles. The molecule has 0 aliphatic carbocycles. The molecule has 0 amide bonds. The van der Waals surface area contributed by atoms with Crippen molar-refractivity contribution in [3.05, 3.63) is 34.9 Å². The smallest absolute Gasteiger partial charge is 0.0903 e. The fraction of sp³-hybridized carbons (Fsp3) is 0.600. The van der Waals surface area contributed by atoms with Gasteiger partial charge in [-0.15, -0.1) is 0 Å². The quantitative estimate of drug-likeness (QED) is 0.825. The standard InChI is InChI=1S/C15H24O2/c1-5-15(17,6-2)14(16)10-13-11(3)8-7-9-12(13)4/h7-9,14,16-17H,5-6,10H2,1-4H3. The summed E-state index contributed by atoms with van der Waals surface area (Å²) in [6.07, 6.45) is 0.985. The number of rotatable bonds is 5. The minimum atomic E-state index is -0.964. The summed E-state index contributed by atoms with van der Waals surface area (Å²) in [6, 6.07) is 6.12. The van der Waals surface area contributed by atoms with Crippen molar-refractivity contribution in [2.75, 3.05) is 0 Å². The summed E-state index contributed by atoms with van der Waals surface area (Å²) < 4.78 is 0. The molecule has 0 aliphatic rings. The highest BCUT2D eigenvalue weighted by atomic mass is 16.3. The van der Waals surface area contributed by atoms with Crippen LogP contribution in [-0.2, 0) is 6.42 Å². The van der Waals surface area contributed by atoms with E-state index in [1.165, 1.54) is 11.1 Å². The van der Waals surface area contributed by atoms with E-state index in [2.05, 4.69) is 0 Å². The van der Waals surface area contributed by atoms with Gasteiger partial charge in [-0.1, -0.05) is 32.0 Å². The Balaban J connectivity index is 2.91. The van der Waals surface area contributed by atoms with E-state index in [-0.39, 0.29) is 0 Å². The van der Waals surface area contributed by atoms with Crippen LogP contribution in [0.15, 0.2) is 18.2 Å². The third-order valence-electron chi connectivity index (χ3n) is 3.89. The van der Waals surface area contributed by atoms with Gasteiger partial charge >= 0.3 is 0 Å². The van der Waals surface area contributed by atoms with Gasteiger partial charge in [-0.2, -0.15) is 0 Å². The maximum Gasteiger partial charge on any atom is 0.0903 e. The lowest BCUT2D eigenvalue weighted by molar-refractivity contribution is -0.0791. The van der Waals surface area contributed by atoms with Gasteiger partial charge in [0.15, 0.2) is 0 Å². The molecule has 2 nitrogen and oxygen atoms in total. The second-order valence-corrected chi connectivity index (χ2v) is 4.90. The number of benzene rings is 1. The van der Waals surface area contributed by atoms with E-state index in [0.717, 1.165) is 5.56 Å². The van der Waals surface area contributed by atoms with Crippen molar-refractivity contribution in [1.82, 2.24) is 0 Å². The van der Waals surface area contributed by atoms with Crippen LogP contribution in [0.5, 0.6) is 0 Å². The van der Waals surface area contributed by atoms with Gasteiger partial charge in [0.05, 0.1) is 11.7 Å². The van der Waals surface area contributed by atoms with Crippen LogP contribution in [0.1, 0.15) is 43.4 Å². The first-order chi connectivity index (χ1) is 7.94. The van der Waals surface area contributed by atoms with Crippen molar-refractivity contribution in [1.29, 1.82) is 0 Å². The van der Waals surface area contributed by atoms with Crippen LogP contribution in [0.3, 0.4) is 0 Å². The zero-order chi connectivity index (χ0) is 13.1. The van der Waals surface area contributed by atoms with Gasteiger partial charge < -0.3 is 10.2 Å². The molecule has 2 N–H and O–H groups in total. The fourth-order valence-electron chi connectivity index (χ4n) is 2.28. The maximum absolute atomic E-state index is 10.3. The van der Waals surface area contributed by atoms with E-state index >= 15 is 0 Å². The summed E-state index contributed by atoms with van der Waals surface area (Å²) in [7, 11) is 0. The molecule has 0 aliphatic heterocycles. The van der Waals surface area contributed by atoms with Crippen LogP contribution in [0.4, 0.5) is 0 Å². The topological polar surface area (TPSA) is 40.5 Å². The van der Waals surface area contributed by atoms with Gasteiger partial charge in [-0.3, -0.25) is 0 Å². The lowest BCUT2D eigenvalue weighted by Crippen LogP contribution is -2.42. The second-order valence-electron chi connectivity index (χ2n) is 4.90. The average molecular weight is 236 g/mol. The Morgan fingerprint density at radius 2 is 1.59 bits per heavy atom. The Hall–Kier alpha value is -0.860. The zero-order valence-electron chi connectivity index (χ0n) is 11.3. The highest BCUT2D eigenvalue weighted by Crippen LogP contribution is 2.25. The molecule has 1 unspecified atom stereocenters. The molecule has 2 heteroatoms. The summed E-state index contributed by atoms with van der Waals surface area (Å²) >= 11 is 0. The monoisotopic (exact) mass is 236 g/mol. The molecule has 0 bridgehead atoms. The highest BCUT2D eigenvalue weighted by molar-refractivity contribution is 5.34. The molecule has 0 spiro atoms. The molecular weight excluding hydrogens is 212 g/mol. The van der Waals surface area contributed by atoms with E-state index < -0.39 is 11.7 Å². The SMILES string of the molecule is CCC(O)(CC)C(O)Cc1c(C)cccc1C. The van der Waals surface area contributed by atoms with Crippen LogP contribution in [-0.4, -0.2) is 21.9 Å². The Morgan fingerprint density at radius 1 is 1.12 bits per heavy atom. The normalized spacial score (nSPS) is 13.8. The Kier molecular flexibility index (Phi) is 4.72. The van der Waals surface area contributed by atoms with E-state index in [9.17, 15) is 10.2 Å². The molecule has 0 heterocycles. The Bertz CT molecular complexity index is 347. The molecule has 1 aromatic carbocycles. The van der Waals surface area contributed by atoms with Gasteiger partial charge in [-0.05, 0) is 43.4 Å². The molecule has 1 atom stereocenters. The van der Waals surface area contributed by atoms with Gasteiger partial charge in [0.25, 0.3) is 0 Å². The predicted octanol–water partition coefficient (Wildman–Crippen LogP) is 2.76. The third-order valence-corrected chi connectivity index (χ3v) is 3.89. The summed E-state index contributed by atoms with van der Waals surface area (Å²) in [5, 5.41) is 20.5. The van der Waals surface area contributed by atoms with Gasteiger partial charge in [-0.25, -0.2) is 0 Å². The number of aliphatic hydroxyl groups excluding tert-OH is 1. The zero-order valence-corrected chi connectivity index (χ0v) is 11.3. The van der Waals surface area contributed by atoms with Crippen molar-refractivity contribution in [3.8, 4) is 0 Å². The molecule has 17 heavy (non-hydrogen) atoms. The third kappa shape index (κ3) is 3.08. The van der Waals surface area contributed by atoms with Crippen molar-refractivity contribution in [2.24, 2.45) is 0 Å². The first kappa shape index (κ1) is 14.2. The summed E-state index contributed by atoms with van der Waals surface area (Å²) in [5.41, 5.74) is 2.55. The fourth-order valence-corrected chi connectivity index (χ4v) is 2.28. The summed E-state index contributed by atoms with van der Waals surface area (Å²) in [4.78, 5) is 0. The van der Waals surface area contributed by atoms with Crippen molar-refractivity contribution < 1.29 is 10.2 Å². The first-order valence-corrected chi connectivity index (χ1v) is 6.40. The predicted molar refractivity (Wildman–Crippen MR) is 71.2 cm³/mol. The van der Waals surface area contributed by atoms with Crippen LogP contribution in [0.2, 0.25) is 0 Å². The number of aryl methyl sites for hydroxylation is 2.